The molecule has 0 saturated carbocycles. The highest BCUT2D eigenvalue weighted by Crippen LogP contribution is 2.30. The van der Waals surface area contributed by atoms with Crippen LogP contribution in [0.4, 0.5) is 0 Å². The molecule has 0 aliphatic carbocycles. The van der Waals surface area contributed by atoms with Crippen molar-refractivity contribution in [3.8, 4) is 5.75 Å². The Labute approximate surface area is 152 Å². The summed E-state index contributed by atoms with van der Waals surface area (Å²) in [5.74, 6) is 0.724. The molecule has 2 rings (SSSR count). The van der Waals surface area contributed by atoms with Crippen molar-refractivity contribution in [1.29, 1.82) is 0 Å². The molecule has 1 aromatic rings. The smallest absolute Gasteiger partial charge is 0.257 e. The van der Waals surface area contributed by atoms with Crippen molar-refractivity contribution in [3.05, 3.63) is 29.8 Å². The number of likely N-dealkylation sites (N-methyl/N-ethyl adjacent to an activating group) is 1. The number of piperazine rings is 1. The molecule has 5 heteroatoms. The third kappa shape index (κ3) is 6.01. The van der Waals surface area contributed by atoms with Crippen LogP contribution in [0.25, 0.3) is 0 Å². The number of benzene rings is 1. The van der Waals surface area contributed by atoms with Crippen LogP contribution in [-0.4, -0.2) is 68.1 Å². The Hall–Kier alpha value is -1.59. The highest BCUT2D eigenvalue weighted by atomic mass is 16.5. The quantitative estimate of drug-likeness (QED) is 0.856. The fourth-order valence-electron chi connectivity index (χ4n) is 3.06. The minimum absolute atomic E-state index is 0.0109. The number of hydrogen-bond donors (Lipinski definition) is 1. The molecule has 1 N–H and O–H groups in total. The molecular weight excluding hydrogens is 314 g/mol. The highest BCUT2D eigenvalue weighted by Gasteiger charge is 2.21. The van der Waals surface area contributed by atoms with Crippen molar-refractivity contribution >= 4 is 5.91 Å². The molecule has 0 aromatic heterocycles. The van der Waals surface area contributed by atoms with Gasteiger partial charge in [0, 0.05) is 38.8 Å². The largest absolute Gasteiger partial charge is 0.483 e. The number of rotatable bonds is 6. The highest BCUT2D eigenvalue weighted by molar-refractivity contribution is 5.77. The summed E-state index contributed by atoms with van der Waals surface area (Å²) in [6, 6.07) is 8.28. The first-order chi connectivity index (χ1) is 11.8. The number of para-hydroxylation sites is 1. The van der Waals surface area contributed by atoms with E-state index in [2.05, 4.69) is 55.9 Å². The zero-order chi connectivity index (χ0) is 18.4. The number of ether oxygens (including phenoxy) is 1. The summed E-state index contributed by atoms with van der Waals surface area (Å²) >= 11 is 0. The number of hydrogen-bond acceptors (Lipinski definition) is 4. The lowest BCUT2D eigenvalue weighted by Crippen LogP contribution is -2.51. The van der Waals surface area contributed by atoms with Gasteiger partial charge in [0.15, 0.2) is 6.61 Å². The molecule has 1 atom stereocenters. The molecule has 0 spiro atoms. The van der Waals surface area contributed by atoms with Crippen LogP contribution in [0.2, 0.25) is 0 Å². The zero-order valence-corrected chi connectivity index (χ0v) is 16.3. The Kier molecular flexibility index (Phi) is 6.85. The van der Waals surface area contributed by atoms with Crippen LogP contribution in [0.5, 0.6) is 5.75 Å². The SMILES string of the molecule is CC(CNC(=O)COc1ccccc1C(C)(C)C)N1CCN(C)CC1. The van der Waals surface area contributed by atoms with E-state index in [0.29, 0.717) is 12.6 Å². The van der Waals surface area contributed by atoms with Gasteiger partial charge in [0.25, 0.3) is 5.91 Å². The third-order valence-electron chi connectivity index (χ3n) is 4.81. The van der Waals surface area contributed by atoms with Gasteiger partial charge < -0.3 is 15.0 Å². The van der Waals surface area contributed by atoms with Crippen molar-refractivity contribution in [1.82, 2.24) is 15.1 Å². The second kappa shape index (κ2) is 8.68. The van der Waals surface area contributed by atoms with Crippen molar-refractivity contribution in [2.24, 2.45) is 0 Å². The lowest BCUT2D eigenvalue weighted by Gasteiger charge is -2.36. The number of carbonyl (C=O) groups excluding carboxylic acids is 1. The van der Waals surface area contributed by atoms with Crippen LogP contribution in [-0.2, 0) is 10.2 Å². The van der Waals surface area contributed by atoms with Crippen LogP contribution < -0.4 is 10.1 Å². The second-order valence-electron chi connectivity index (χ2n) is 8.03. The van der Waals surface area contributed by atoms with E-state index in [1.165, 1.54) is 0 Å². The molecule has 0 radical (unpaired) electrons. The Morgan fingerprint density at radius 2 is 1.84 bits per heavy atom. The Balaban J connectivity index is 1.78. The van der Waals surface area contributed by atoms with E-state index < -0.39 is 0 Å². The predicted octanol–water partition coefficient (Wildman–Crippen LogP) is 2.11. The monoisotopic (exact) mass is 347 g/mol. The predicted molar refractivity (Wildman–Crippen MR) is 102 cm³/mol. The van der Waals surface area contributed by atoms with Crippen molar-refractivity contribution < 1.29 is 9.53 Å². The fraction of sp³-hybridized carbons (Fsp3) is 0.650. The van der Waals surface area contributed by atoms with E-state index in [4.69, 9.17) is 4.74 Å². The Morgan fingerprint density at radius 1 is 1.20 bits per heavy atom. The Bertz CT molecular complexity index is 560. The molecular formula is C20H33N3O2. The van der Waals surface area contributed by atoms with Crippen LogP contribution >= 0.6 is 0 Å². The molecule has 140 valence electrons. The minimum atomic E-state index is -0.0651. The first kappa shape index (κ1) is 19.7. The van der Waals surface area contributed by atoms with Crippen molar-refractivity contribution in [3.63, 3.8) is 0 Å². The summed E-state index contributed by atoms with van der Waals surface area (Å²) in [5, 5.41) is 3.00. The maximum absolute atomic E-state index is 12.2. The van der Waals surface area contributed by atoms with Gasteiger partial charge in [-0.25, -0.2) is 0 Å². The van der Waals surface area contributed by atoms with E-state index in [0.717, 1.165) is 37.5 Å². The number of nitrogens with zero attached hydrogens (tertiary/aromatic N) is 2. The fourth-order valence-corrected chi connectivity index (χ4v) is 3.06. The summed E-state index contributed by atoms with van der Waals surface area (Å²) < 4.78 is 5.78. The van der Waals surface area contributed by atoms with Gasteiger partial charge in [-0.05, 0) is 31.0 Å². The van der Waals surface area contributed by atoms with Gasteiger partial charge in [-0.15, -0.1) is 0 Å². The van der Waals surface area contributed by atoms with Gasteiger partial charge in [-0.3, -0.25) is 9.69 Å². The van der Waals surface area contributed by atoms with Crippen LogP contribution in [0, 0.1) is 0 Å². The van der Waals surface area contributed by atoms with E-state index in [-0.39, 0.29) is 17.9 Å². The van der Waals surface area contributed by atoms with Crippen molar-refractivity contribution in [2.45, 2.75) is 39.2 Å². The summed E-state index contributed by atoms with van der Waals surface area (Å²) in [6.45, 7) is 13.6. The first-order valence-corrected chi connectivity index (χ1v) is 9.19. The molecule has 1 unspecified atom stereocenters. The van der Waals surface area contributed by atoms with Crippen LogP contribution in [0.15, 0.2) is 24.3 Å². The van der Waals surface area contributed by atoms with Crippen LogP contribution in [0.3, 0.4) is 0 Å². The standard InChI is InChI=1S/C20H33N3O2/c1-16(23-12-10-22(5)11-13-23)14-21-19(24)15-25-18-9-7-6-8-17(18)20(2,3)4/h6-9,16H,10-15H2,1-5H3,(H,21,24). The summed E-state index contributed by atoms with van der Waals surface area (Å²) in [6.07, 6.45) is 0. The molecule has 1 saturated heterocycles. The van der Waals surface area contributed by atoms with E-state index in [1.807, 2.05) is 18.2 Å². The summed E-state index contributed by atoms with van der Waals surface area (Å²) in [4.78, 5) is 16.9. The average molecular weight is 348 g/mol. The second-order valence-corrected chi connectivity index (χ2v) is 8.03. The molecule has 25 heavy (non-hydrogen) atoms. The lowest BCUT2D eigenvalue weighted by molar-refractivity contribution is -0.123. The van der Waals surface area contributed by atoms with Gasteiger partial charge >= 0.3 is 0 Å². The molecule has 1 fully saturated rings. The average Bonchev–Trinajstić information content (AvgIpc) is 2.58. The summed E-state index contributed by atoms with van der Waals surface area (Å²) in [7, 11) is 2.15. The maximum Gasteiger partial charge on any atom is 0.257 e. The molecule has 1 aliphatic rings. The van der Waals surface area contributed by atoms with Gasteiger partial charge in [-0.2, -0.15) is 0 Å². The van der Waals surface area contributed by atoms with Crippen LogP contribution in [0.1, 0.15) is 33.3 Å². The number of amides is 1. The van der Waals surface area contributed by atoms with Gasteiger partial charge in [-0.1, -0.05) is 39.0 Å². The Morgan fingerprint density at radius 3 is 2.48 bits per heavy atom. The molecule has 0 bridgehead atoms. The van der Waals surface area contributed by atoms with E-state index >= 15 is 0 Å². The van der Waals surface area contributed by atoms with Gasteiger partial charge in [0.05, 0.1) is 0 Å². The number of carbonyl (C=O) groups is 1. The molecule has 1 aliphatic heterocycles. The molecule has 1 aromatic carbocycles. The third-order valence-corrected chi connectivity index (χ3v) is 4.81. The minimum Gasteiger partial charge on any atom is -0.483 e. The first-order valence-electron chi connectivity index (χ1n) is 9.19. The topological polar surface area (TPSA) is 44.8 Å². The molecule has 5 nitrogen and oxygen atoms in total. The molecule has 1 heterocycles. The van der Waals surface area contributed by atoms with Gasteiger partial charge in [0.1, 0.15) is 5.75 Å². The van der Waals surface area contributed by atoms with E-state index in [1.54, 1.807) is 0 Å². The normalized spacial score (nSPS) is 18.0. The maximum atomic E-state index is 12.2. The lowest BCUT2D eigenvalue weighted by atomic mass is 9.86. The van der Waals surface area contributed by atoms with Gasteiger partial charge in [0.2, 0.25) is 0 Å². The molecule has 1 amide bonds. The van der Waals surface area contributed by atoms with Crippen molar-refractivity contribution in [2.75, 3.05) is 46.4 Å². The number of nitrogens with one attached hydrogen (secondary N) is 1. The van der Waals surface area contributed by atoms with E-state index in [9.17, 15) is 4.79 Å². The zero-order valence-electron chi connectivity index (χ0n) is 16.3. The summed E-state index contributed by atoms with van der Waals surface area (Å²) in [5.41, 5.74) is 1.11.